The molecule has 0 radical (unpaired) electrons. The highest BCUT2D eigenvalue weighted by Crippen LogP contribution is 2.17. The van der Waals surface area contributed by atoms with E-state index in [1.54, 1.807) is 0 Å². The number of fused-ring (bicyclic) bond motifs is 1. The minimum Gasteiger partial charge on any atom is -0.388 e. The average molecular weight is 362 g/mol. The van der Waals surface area contributed by atoms with Crippen LogP contribution in [0.5, 0.6) is 0 Å². The van der Waals surface area contributed by atoms with Gasteiger partial charge in [-0.15, -0.1) is 0 Å². The van der Waals surface area contributed by atoms with Crippen LogP contribution in [0.15, 0.2) is 71.9 Å². The number of aliphatic imine (C=N–C) groups is 1. The Balaban J connectivity index is 1.61. The number of aliphatic hydroxyl groups excluding tert-OH is 1. The zero-order valence-electron chi connectivity index (χ0n) is 15.6. The smallest absolute Gasteiger partial charge is 0.191 e. The van der Waals surface area contributed by atoms with Gasteiger partial charge < -0.3 is 15.7 Å². The van der Waals surface area contributed by atoms with Gasteiger partial charge >= 0.3 is 0 Å². The molecule has 140 valence electrons. The number of aromatic nitrogens is 1. The lowest BCUT2D eigenvalue weighted by atomic mass is 10.1. The number of pyridine rings is 1. The highest BCUT2D eigenvalue weighted by Gasteiger charge is 2.07. The number of benzene rings is 2. The Hall–Kier alpha value is -2.92. The summed E-state index contributed by atoms with van der Waals surface area (Å²) in [6.45, 7) is 3.94. The summed E-state index contributed by atoms with van der Waals surface area (Å²) in [4.78, 5) is 9.14. The third-order valence-corrected chi connectivity index (χ3v) is 4.38. The number of hydrogen-bond acceptors (Lipinski definition) is 3. The van der Waals surface area contributed by atoms with Crippen LogP contribution in [-0.4, -0.2) is 29.1 Å². The molecule has 3 rings (SSSR count). The third-order valence-electron chi connectivity index (χ3n) is 4.38. The molecule has 5 heteroatoms. The minimum atomic E-state index is -0.485. The van der Waals surface area contributed by atoms with Crippen molar-refractivity contribution in [2.45, 2.75) is 26.0 Å². The van der Waals surface area contributed by atoms with E-state index in [2.05, 4.69) is 32.7 Å². The Kier molecular flexibility index (Phi) is 6.77. The lowest BCUT2D eigenvalue weighted by molar-refractivity contribution is 0.168. The Bertz CT molecular complexity index is 874. The lowest BCUT2D eigenvalue weighted by Crippen LogP contribution is -2.38. The van der Waals surface area contributed by atoms with Gasteiger partial charge in [-0.25, -0.2) is 4.99 Å². The topological polar surface area (TPSA) is 69.5 Å². The molecule has 0 aliphatic heterocycles. The largest absolute Gasteiger partial charge is 0.388 e. The molecular formula is C22H26N4O. The quantitative estimate of drug-likeness (QED) is 0.445. The summed E-state index contributed by atoms with van der Waals surface area (Å²) in [5, 5.41) is 19.1. The minimum absolute atomic E-state index is 0.485. The normalized spacial score (nSPS) is 12.7. The molecule has 0 saturated heterocycles. The Morgan fingerprint density at radius 3 is 2.63 bits per heavy atom. The van der Waals surface area contributed by atoms with Crippen LogP contribution in [0.25, 0.3) is 10.8 Å². The second-order valence-electron chi connectivity index (χ2n) is 6.32. The van der Waals surface area contributed by atoms with Crippen molar-refractivity contribution in [1.82, 2.24) is 15.6 Å². The summed E-state index contributed by atoms with van der Waals surface area (Å²) in [5.41, 5.74) is 1.89. The van der Waals surface area contributed by atoms with Crippen LogP contribution < -0.4 is 10.6 Å². The molecule has 1 atom stereocenters. The summed E-state index contributed by atoms with van der Waals surface area (Å²) in [6.07, 6.45) is 1.95. The first-order valence-electron chi connectivity index (χ1n) is 9.35. The lowest BCUT2D eigenvalue weighted by Gasteiger charge is -2.14. The molecule has 1 unspecified atom stereocenters. The number of guanidine groups is 1. The van der Waals surface area contributed by atoms with Crippen LogP contribution in [0.1, 0.15) is 30.7 Å². The van der Waals surface area contributed by atoms with Crippen molar-refractivity contribution in [2.75, 3.05) is 13.1 Å². The van der Waals surface area contributed by atoms with E-state index in [1.807, 2.05) is 61.7 Å². The third kappa shape index (κ3) is 5.28. The van der Waals surface area contributed by atoms with Gasteiger partial charge in [-0.3, -0.25) is 4.98 Å². The first-order valence-corrected chi connectivity index (χ1v) is 9.35. The number of hydrogen-bond donors (Lipinski definition) is 3. The molecule has 0 saturated carbocycles. The molecule has 0 bridgehead atoms. The SMILES string of the molecule is CCNC(=NCc1nccc2ccccc12)NCCC(O)c1ccccc1. The van der Waals surface area contributed by atoms with Crippen molar-refractivity contribution < 1.29 is 5.11 Å². The standard InChI is InChI=1S/C22H26N4O/c1-2-23-22(25-15-13-21(27)18-9-4-3-5-10-18)26-16-20-19-11-7-6-8-17(19)12-14-24-20/h3-12,14,21,27H,2,13,15-16H2,1H3,(H2,23,25,26). The van der Waals surface area contributed by atoms with Crippen molar-refractivity contribution >= 4 is 16.7 Å². The van der Waals surface area contributed by atoms with Gasteiger partial charge in [0.05, 0.1) is 18.3 Å². The maximum atomic E-state index is 10.3. The molecule has 2 aromatic carbocycles. The summed E-state index contributed by atoms with van der Waals surface area (Å²) >= 11 is 0. The predicted octanol–water partition coefficient (Wildman–Crippen LogP) is 3.41. The van der Waals surface area contributed by atoms with Gasteiger partial charge in [0, 0.05) is 24.7 Å². The first kappa shape index (κ1) is 18.9. The first-order chi connectivity index (χ1) is 13.3. The van der Waals surface area contributed by atoms with E-state index in [9.17, 15) is 5.11 Å². The zero-order valence-corrected chi connectivity index (χ0v) is 15.6. The fourth-order valence-corrected chi connectivity index (χ4v) is 2.97. The van der Waals surface area contributed by atoms with Crippen molar-refractivity contribution in [3.63, 3.8) is 0 Å². The van der Waals surface area contributed by atoms with Crippen molar-refractivity contribution in [2.24, 2.45) is 4.99 Å². The van der Waals surface area contributed by atoms with E-state index >= 15 is 0 Å². The van der Waals surface area contributed by atoms with Gasteiger partial charge in [0.25, 0.3) is 0 Å². The van der Waals surface area contributed by atoms with Crippen LogP contribution in [0.2, 0.25) is 0 Å². The molecule has 0 amide bonds. The molecule has 1 aromatic heterocycles. The van der Waals surface area contributed by atoms with Gasteiger partial charge in [-0.2, -0.15) is 0 Å². The van der Waals surface area contributed by atoms with E-state index < -0.39 is 6.10 Å². The van der Waals surface area contributed by atoms with E-state index in [4.69, 9.17) is 0 Å². The van der Waals surface area contributed by atoms with Gasteiger partial charge in [0.2, 0.25) is 0 Å². The summed E-state index contributed by atoms with van der Waals surface area (Å²) in [6, 6.07) is 19.9. The van der Waals surface area contributed by atoms with Gasteiger partial charge in [-0.1, -0.05) is 54.6 Å². The van der Waals surface area contributed by atoms with Crippen molar-refractivity contribution in [3.05, 3.63) is 78.1 Å². The fraction of sp³-hybridized carbons (Fsp3) is 0.273. The predicted molar refractivity (Wildman–Crippen MR) is 111 cm³/mol. The average Bonchev–Trinajstić information content (AvgIpc) is 2.72. The Morgan fingerprint density at radius 1 is 1.04 bits per heavy atom. The maximum absolute atomic E-state index is 10.3. The second kappa shape index (κ2) is 9.69. The monoisotopic (exact) mass is 362 g/mol. The van der Waals surface area contributed by atoms with Crippen molar-refractivity contribution in [3.8, 4) is 0 Å². The van der Waals surface area contributed by atoms with Gasteiger partial charge in [0.1, 0.15) is 0 Å². The second-order valence-corrected chi connectivity index (χ2v) is 6.32. The molecule has 3 N–H and O–H groups in total. The molecular weight excluding hydrogens is 336 g/mol. The molecule has 3 aromatic rings. The molecule has 27 heavy (non-hydrogen) atoms. The van der Waals surface area contributed by atoms with Crippen LogP contribution in [0.3, 0.4) is 0 Å². The van der Waals surface area contributed by atoms with Crippen LogP contribution >= 0.6 is 0 Å². The summed E-state index contributed by atoms with van der Waals surface area (Å²) < 4.78 is 0. The molecule has 5 nitrogen and oxygen atoms in total. The molecule has 0 aliphatic rings. The van der Waals surface area contributed by atoms with Gasteiger partial charge in [0.15, 0.2) is 5.96 Å². The van der Waals surface area contributed by atoms with E-state index in [0.29, 0.717) is 19.5 Å². The zero-order chi connectivity index (χ0) is 18.9. The van der Waals surface area contributed by atoms with Crippen molar-refractivity contribution in [1.29, 1.82) is 0 Å². The Morgan fingerprint density at radius 2 is 1.81 bits per heavy atom. The highest BCUT2D eigenvalue weighted by molar-refractivity contribution is 5.85. The van der Waals surface area contributed by atoms with Crippen LogP contribution in [0.4, 0.5) is 0 Å². The number of rotatable bonds is 7. The fourth-order valence-electron chi connectivity index (χ4n) is 2.97. The number of aliphatic hydroxyl groups is 1. The molecule has 0 fully saturated rings. The molecule has 0 aliphatic carbocycles. The van der Waals surface area contributed by atoms with Crippen LogP contribution in [0, 0.1) is 0 Å². The number of nitrogens with one attached hydrogen (secondary N) is 2. The summed E-state index contributed by atoms with van der Waals surface area (Å²) in [7, 11) is 0. The number of nitrogens with zero attached hydrogens (tertiary/aromatic N) is 2. The molecule has 0 spiro atoms. The van der Waals surface area contributed by atoms with E-state index in [0.717, 1.165) is 29.1 Å². The maximum Gasteiger partial charge on any atom is 0.191 e. The van der Waals surface area contributed by atoms with Crippen LogP contribution in [-0.2, 0) is 6.54 Å². The molecule has 1 heterocycles. The van der Waals surface area contributed by atoms with E-state index in [-0.39, 0.29) is 0 Å². The van der Waals surface area contributed by atoms with E-state index in [1.165, 1.54) is 5.39 Å². The summed E-state index contributed by atoms with van der Waals surface area (Å²) in [5.74, 6) is 0.729. The Labute approximate surface area is 160 Å². The van der Waals surface area contributed by atoms with Gasteiger partial charge in [-0.05, 0) is 30.4 Å². The highest BCUT2D eigenvalue weighted by atomic mass is 16.3.